The van der Waals surface area contributed by atoms with Crippen molar-refractivity contribution >= 4 is 20.8 Å². The van der Waals surface area contributed by atoms with Crippen LogP contribution in [0.1, 0.15) is 0 Å². The van der Waals surface area contributed by atoms with Crippen molar-refractivity contribution in [3.63, 3.8) is 0 Å². The molecule has 0 aromatic rings. The van der Waals surface area contributed by atoms with E-state index < -0.39 is 0 Å². The van der Waals surface area contributed by atoms with E-state index >= 15 is 0 Å². The van der Waals surface area contributed by atoms with Crippen molar-refractivity contribution in [2.75, 3.05) is 0 Å². The van der Waals surface area contributed by atoms with E-state index in [2.05, 4.69) is 34.6 Å². The Kier molecular flexibility index (Phi) is 54.2. The minimum atomic E-state index is 0.958. The van der Waals surface area contributed by atoms with Crippen LogP contribution in [0.25, 0.3) is 0 Å². The average Bonchev–Trinajstić information content (AvgIpc) is 1.50. The van der Waals surface area contributed by atoms with Gasteiger partial charge in [0.2, 0.25) is 0 Å². The molecule has 0 bridgehead atoms. The van der Waals surface area contributed by atoms with Gasteiger partial charge in [-0.25, -0.2) is 0 Å². The Bertz CT molecular complexity index is 8.00. The Morgan fingerprint density at radius 3 is 1.25 bits per heavy atom. The van der Waals surface area contributed by atoms with E-state index in [-0.39, 0.29) is 0 Å². The zero-order valence-electron chi connectivity index (χ0n) is 1.84. The SMILES string of the molecule is [S]=[Ni].[S]=[Zn]. The summed E-state index contributed by atoms with van der Waals surface area (Å²) in [5.74, 6) is 0. The Hall–Kier alpha value is 1.56. The van der Waals surface area contributed by atoms with Gasteiger partial charge >= 0.3 is 51.2 Å². The fourth-order valence-electron chi connectivity index (χ4n) is 0. The maximum atomic E-state index is 4.21. The van der Waals surface area contributed by atoms with Crippen LogP contribution in [-0.4, -0.2) is 0 Å². The van der Waals surface area contributed by atoms with Gasteiger partial charge in [0.1, 0.15) is 0 Å². The zero-order valence-corrected chi connectivity index (χ0v) is 7.43. The van der Waals surface area contributed by atoms with E-state index in [0.717, 1.165) is 16.6 Å². The average molecular weight is 188 g/mol. The predicted molar refractivity (Wildman–Crippen MR) is 15.2 cm³/mol. The minimum absolute atomic E-state index is 0.958. The van der Waals surface area contributed by atoms with Crippen molar-refractivity contribution in [2.45, 2.75) is 0 Å². The number of hydrogen-bond acceptors (Lipinski definition) is 2. The van der Waals surface area contributed by atoms with Gasteiger partial charge in [-0.3, -0.25) is 0 Å². The molecule has 24 valence electrons. The van der Waals surface area contributed by atoms with E-state index in [9.17, 15) is 0 Å². The van der Waals surface area contributed by atoms with Crippen LogP contribution in [-0.2, 0) is 30.4 Å². The molecule has 0 saturated heterocycles. The molecular formula is NiS2Zn. The number of hydrogen-bond donors (Lipinski definition) is 0. The summed E-state index contributed by atoms with van der Waals surface area (Å²) in [5, 5.41) is 0. The van der Waals surface area contributed by atoms with Crippen LogP contribution >= 0.6 is 20.8 Å². The molecule has 0 aliphatic rings. The van der Waals surface area contributed by atoms with Gasteiger partial charge in [0.05, 0.1) is 0 Å². The van der Waals surface area contributed by atoms with Crippen LogP contribution in [0.15, 0.2) is 0 Å². The molecule has 0 nitrogen and oxygen atoms in total. The summed E-state index contributed by atoms with van der Waals surface area (Å²) in [4.78, 5) is 0. The standard InChI is InChI=1S/Ni.2S.Zn. The van der Waals surface area contributed by atoms with E-state index in [1.54, 1.807) is 0 Å². The monoisotopic (exact) mass is 186 g/mol. The molecule has 0 spiro atoms. The summed E-state index contributed by atoms with van der Waals surface area (Å²) in [6.07, 6.45) is 0. The molecule has 4 heteroatoms. The molecule has 0 heterocycles. The van der Waals surface area contributed by atoms with Crippen molar-refractivity contribution in [1.82, 2.24) is 0 Å². The van der Waals surface area contributed by atoms with Crippen LogP contribution < -0.4 is 0 Å². The maximum absolute atomic E-state index is 4.21. The third-order valence-electron chi connectivity index (χ3n) is 0. The fourth-order valence-corrected chi connectivity index (χ4v) is 0. The Morgan fingerprint density at radius 2 is 1.25 bits per heavy atom. The molecule has 0 rings (SSSR count). The molecule has 0 unspecified atom stereocenters. The van der Waals surface area contributed by atoms with E-state index in [0.29, 0.717) is 0 Å². The molecule has 0 amide bonds. The van der Waals surface area contributed by atoms with E-state index in [1.165, 1.54) is 0 Å². The Labute approximate surface area is 50.9 Å². The second-order valence-electron chi connectivity index (χ2n) is 0. The molecule has 0 N–H and O–H groups in total. The van der Waals surface area contributed by atoms with Crippen LogP contribution in [0.4, 0.5) is 0 Å². The van der Waals surface area contributed by atoms with Gasteiger partial charge in [-0.2, -0.15) is 0 Å². The third-order valence-corrected chi connectivity index (χ3v) is 0. The van der Waals surface area contributed by atoms with Gasteiger partial charge in [0, 0.05) is 0 Å². The molecule has 0 aromatic heterocycles. The van der Waals surface area contributed by atoms with Gasteiger partial charge in [-0.1, -0.05) is 0 Å². The fraction of sp³-hybridized carbons (Fsp3) is 0. The van der Waals surface area contributed by atoms with Gasteiger partial charge in [-0.05, 0) is 0 Å². The summed E-state index contributed by atoms with van der Waals surface area (Å²) >= 11 is 4.42. The molecule has 0 aliphatic carbocycles. The van der Waals surface area contributed by atoms with Gasteiger partial charge in [0.25, 0.3) is 0 Å². The van der Waals surface area contributed by atoms with Crippen LogP contribution in [0.3, 0.4) is 0 Å². The molecule has 0 aliphatic heterocycles. The van der Waals surface area contributed by atoms with Gasteiger partial charge in [-0.15, -0.1) is 0 Å². The van der Waals surface area contributed by atoms with Crippen LogP contribution in [0.5, 0.6) is 0 Å². The van der Waals surface area contributed by atoms with Crippen molar-refractivity contribution in [3.8, 4) is 0 Å². The zero-order chi connectivity index (χ0) is 4.00. The van der Waals surface area contributed by atoms with Crippen molar-refractivity contribution in [3.05, 3.63) is 0 Å². The van der Waals surface area contributed by atoms with Crippen molar-refractivity contribution in [2.24, 2.45) is 0 Å². The molecule has 0 radical (unpaired) electrons. The second-order valence-corrected chi connectivity index (χ2v) is 0. The number of rotatable bonds is 0. The molecule has 0 fully saturated rings. The normalized spacial score (nSPS) is 3.00. The van der Waals surface area contributed by atoms with Gasteiger partial charge < -0.3 is 0 Å². The first-order valence-electron chi connectivity index (χ1n) is 0.418. The first kappa shape index (κ1) is 9.12. The van der Waals surface area contributed by atoms with E-state index in [4.69, 9.17) is 0 Å². The summed E-state index contributed by atoms with van der Waals surface area (Å²) in [7, 11) is 7.92. The van der Waals surface area contributed by atoms with Crippen molar-refractivity contribution < 1.29 is 30.4 Å². The molecule has 0 aromatic carbocycles. The Balaban J connectivity index is 0. The second kappa shape index (κ2) is 23.8. The molecular weight excluding hydrogens is 188 g/mol. The van der Waals surface area contributed by atoms with Crippen molar-refractivity contribution in [1.29, 1.82) is 0 Å². The summed E-state index contributed by atoms with van der Waals surface area (Å²) in [5.41, 5.74) is 0. The first-order chi connectivity index (χ1) is 2.00. The molecule has 0 saturated carbocycles. The summed E-state index contributed by atoms with van der Waals surface area (Å²) < 4.78 is 0. The first-order valence-corrected chi connectivity index (χ1v) is 6.10. The molecule has 0 atom stereocenters. The topological polar surface area (TPSA) is 0 Å². The van der Waals surface area contributed by atoms with Gasteiger partial charge in [0.15, 0.2) is 0 Å². The predicted octanol–water partition coefficient (Wildman–Crippen LogP) is 1.29. The van der Waals surface area contributed by atoms with Crippen LogP contribution in [0.2, 0.25) is 0 Å². The summed E-state index contributed by atoms with van der Waals surface area (Å²) in [6.45, 7) is 0. The van der Waals surface area contributed by atoms with Crippen LogP contribution in [0, 0.1) is 0 Å². The Morgan fingerprint density at radius 1 is 1.25 bits per heavy atom. The van der Waals surface area contributed by atoms with E-state index in [1.807, 2.05) is 0 Å². The third kappa shape index (κ3) is 9.59. The quantitative estimate of drug-likeness (QED) is 0.525. The summed E-state index contributed by atoms with van der Waals surface area (Å²) in [6, 6.07) is 0. The molecule has 4 heavy (non-hydrogen) atoms.